The standard InChI is InChI=1S/C11H15BrN2O4/c1-7(11(17-2)18-3)13-10-6-8(14(15)16)4-5-9(10)12/h4-7,11,13H,1-3H3. The Balaban J connectivity index is 2.89. The van der Waals surface area contributed by atoms with E-state index in [0.717, 1.165) is 4.47 Å². The Morgan fingerprint density at radius 1 is 1.39 bits per heavy atom. The monoisotopic (exact) mass is 318 g/mol. The summed E-state index contributed by atoms with van der Waals surface area (Å²) in [5.41, 5.74) is 0.648. The normalized spacial score (nSPS) is 12.5. The lowest BCUT2D eigenvalue weighted by molar-refractivity contribution is -0.384. The molecule has 0 aromatic heterocycles. The van der Waals surface area contributed by atoms with Crippen molar-refractivity contribution in [2.24, 2.45) is 0 Å². The molecule has 0 saturated carbocycles. The van der Waals surface area contributed by atoms with Gasteiger partial charge in [0.2, 0.25) is 0 Å². The van der Waals surface area contributed by atoms with Gasteiger partial charge in [-0.1, -0.05) is 0 Å². The molecule has 0 bridgehead atoms. The molecule has 0 spiro atoms. The molecule has 7 heteroatoms. The Bertz CT molecular complexity index is 424. The van der Waals surface area contributed by atoms with E-state index in [-0.39, 0.29) is 11.7 Å². The average molecular weight is 319 g/mol. The summed E-state index contributed by atoms with van der Waals surface area (Å²) in [4.78, 5) is 10.3. The van der Waals surface area contributed by atoms with Crippen LogP contribution in [0.25, 0.3) is 0 Å². The quantitative estimate of drug-likeness (QED) is 0.496. The number of methoxy groups -OCH3 is 2. The van der Waals surface area contributed by atoms with Crippen molar-refractivity contribution in [3.8, 4) is 0 Å². The molecule has 1 rings (SSSR count). The topological polar surface area (TPSA) is 73.6 Å². The molecule has 6 nitrogen and oxygen atoms in total. The molecule has 1 aromatic rings. The van der Waals surface area contributed by atoms with Crippen LogP contribution < -0.4 is 5.32 Å². The molecule has 18 heavy (non-hydrogen) atoms. The summed E-state index contributed by atoms with van der Waals surface area (Å²) in [6.07, 6.45) is -0.434. The van der Waals surface area contributed by atoms with Crippen LogP contribution in [0.2, 0.25) is 0 Å². The van der Waals surface area contributed by atoms with E-state index in [4.69, 9.17) is 9.47 Å². The van der Waals surface area contributed by atoms with Crippen molar-refractivity contribution >= 4 is 27.3 Å². The second kappa shape index (κ2) is 6.67. The molecule has 1 N–H and O–H groups in total. The first-order valence-electron chi connectivity index (χ1n) is 5.25. The molecule has 0 aliphatic rings. The summed E-state index contributed by atoms with van der Waals surface area (Å²) in [6, 6.07) is 4.37. The highest BCUT2D eigenvalue weighted by atomic mass is 79.9. The summed E-state index contributed by atoms with van der Waals surface area (Å²) in [5.74, 6) is 0. The van der Waals surface area contributed by atoms with E-state index in [0.29, 0.717) is 5.69 Å². The fourth-order valence-corrected chi connectivity index (χ4v) is 1.92. The van der Waals surface area contributed by atoms with Crippen LogP contribution in [0, 0.1) is 10.1 Å². The first-order chi connectivity index (χ1) is 8.49. The van der Waals surface area contributed by atoms with Crippen molar-refractivity contribution in [3.63, 3.8) is 0 Å². The highest BCUT2D eigenvalue weighted by molar-refractivity contribution is 9.10. The largest absolute Gasteiger partial charge is 0.376 e. The van der Waals surface area contributed by atoms with E-state index in [1.807, 2.05) is 6.92 Å². The van der Waals surface area contributed by atoms with Crippen molar-refractivity contribution in [2.45, 2.75) is 19.3 Å². The van der Waals surface area contributed by atoms with Gasteiger partial charge in [-0.3, -0.25) is 10.1 Å². The molecule has 0 heterocycles. The number of hydrogen-bond acceptors (Lipinski definition) is 5. The van der Waals surface area contributed by atoms with Gasteiger partial charge in [0, 0.05) is 30.8 Å². The number of hydrogen-bond donors (Lipinski definition) is 1. The van der Waals surface area contributed by atoms with Gasteiger partial charge in [0.1, 0.15) is 0 Å². The van der Waals surface area contributed by atoms with E-state index < -0.39 is 11.2 Å². The number of nitro benzene ring substituents is 1. The fourth-order valence-electron chi connectivity index (χ4n) is 1.56. The van der Waals surface area contributed by atoms with Crippen LogP contribution in [0.1, 0.15) is 6.92 Å². The van der Waals surface area contributed by atoms with Gasteiger partial charge in [0.25, 0.3) is 5.69 Å². The van der Waals surface area contributed by atoms with E-state index in [2.05, 4.69) is 21.2 Å². The number of benzene rings is 1. The number of non-ortho nitro benzene ring substituents is 1. The third kappa shape index (κ3) is 3.66. The number of rotatable bonds is 6. The average Bonchev–Trinajstić information content (AvgIpc) is 2.33. The summed E-state index contributed by atoms with van der Waals surface area (Å²) in [5, 5.41) is 13.8. The fraction of sp³-hybridized carbons (Fsp3) is 0.455. The minimum Gasteiger partial charge on any atom is -0.376 e. The van der Waals surface area contributed by atoms with Gasteiger partial charge in [0.05, 0.1) is 16.7 Å². The molecule has 1 atom stereocenters. The van der Waals surface area contributed by atoms with Crippen LogP contribution in [0.4, 0.5) is 11.4 Å². The van der Waals surface area contributed by atoms with Gasteiger partial charge in [-0.15, -0.1) is 0 Å². The van der Waals surface area contributed by atoms with Gasteiger partial charge in [0.15, 0.2) is 6.29 Å². The molecule has 0 saturated heterocycles. The summed E-state index contributed by atoms with van der Waals surface area (Å²) in [7, 11) is 3.07. The number of halogens is 1. The van der Waals surface area contributed by atoms with Crippen LogP contribution in [0.5, 0.6) is 0 Å². The van der Waals surface area contributed by atoms with E-state index in [9.17, 15) is 10.1 Å². The lowest BCUT2D eigenvalue weighted by Gasteiger charge is -2.23. The molecule has 0 amide bonds. The molecule has 100 valence electrons. The van der Waals surface area contributed by atoms with Gasteiger partial charge in [-0.25, -0.2) is 0 Å². The maximum atomic E-state index is 10.7. The molecule has 0 fully saturated rings. The SMILES string of the molecule is COC(OC)C(C)Nc1cc([N+](=O)[O-])ccc1Br. The summed E-state index contributed by atoms with van der Waals surface area (Å²) in [6.45, 7) is 1.86. The third-order valence-corrected chi connectivity index (χ3v) is 3.11. The molecular formula is C11H15BrN2O4. The van der Waals surface area contributed by atoms with E-state index in [1.165, 1.54) is 26.4 Å². The van der Waals surface area contributed by atoms with Crippen LogP contribution >= 0.6 is 15.9 Å². The predicted octanol–water partition coefficient (Wildman–Crippen LogP) is 2.78. The summed E-state index contributed by atoms with van der Waals surface area (Å²) >= 11 is 3.33. The number of nitrogens with zero attached hydrogens (tertiary/aromatic N) is 1. The van der Waals surface area contributed by atoms with Crippen molar-refractivity contribution < 1.29 is 14.4 Å². The smallest absolute Gasteiger partial charge is 0.271 e. The van der Waals surface area contributed by atoms with Gasteiger partial charge < -0.3 is 14.8 Å². The summed E-state index contributed by atoms with van der Waals surface area (Å²) < 4.78 is 11.0. The van der Waals surface area contributed by atoms with Crippen LogP contribution in [0.3, 0.4) is 0 Å². The van der Waals surface area contributed by atoms with Gasteiger partial charge in [-0.05, 0) is 28.9 Å². The molecule has 0 aliphatic carbocycles. The highest BCUT2D eigenvalue weighted by Crippen LogP contribution is 2.28. The highest BCUT2D eigenvalue weighted by Gasteiger charge is 2.18. The van der Waals surface area contributed by atoms with Gasteiger partial charge in [-0.2, -0.15) is 0 Å². The van der Waals surface area contributed by atoms with Crippen LogP contribution in [-0.2, 0) is 9.47 Å². The Morgan fingerprint density at radius 2 is 2.00 bits per heavy atom. The predicted molar refractivity (Wildman–Crippen MR) is 71.7 cm³/mol. The molecule has 1 unspecified atom stereocenters. The minimum atomic E-state index is -0.438. The zero-order valence-electron chi connectivity index (χ0n) is 10.3. The van der Waals surface area contributed by atoms with Gasteiger partial charge >= 0.3 is 0 Å². The van der Waals surface area contributed by atoms with Crippen molar-refractivity contribution in [2.75, 3.05) is 19.5 Å². The Labute approximate surface area is 114 Å². The van der Waals surface area contributed by atoms with Crippen LogP contribution in [-0.4, -0.2) is 31.5 Å². The first kappa shape index (κ1) is 14.9. The number of nitrogens with one attached hydrogen (secondary N) is 1. The minimum absolute atomic E-state index is 0.0271. The second-order valence-electron chi connectivity index (χ2n) is 3.69. The second-order valence-corrected chi connectivity index (χ2v) is 4.55. The molecular weight excluding hydrogens is 304 g/mol. The first-order valence-corrected chi connectivity index (χ1v) is 6.05. The zero-order valence-corrected chi connectivity index (χ0v) is 11.9. The molecule has 1 aromatic carbocycles. The Morgan fingerprint density at radius 3 is 2.50 bits per heavy atom. The Kier molecular flexibility index (Phi) is 5.52. The Hall–Kier alpha value is -1.18. The van der Waals surface area contributed by atoms with E-state index >= 15 is 0 Å². The number of anilines is 1. The van der Waals surface area contributed by atoms with Crippen molar-refractivity contribution in [1.82, 2.24) is 0 Å². The number of nitro groups is 1. The lowest BCUT2D eigenvalue weighted by atomic mass is 10.2. The zero-order chi connectivity index (χ0) is 13.7. The van der Waals surface area contributed by atoms with Crippen molar-refractivity contribution in [1.29, 1.82) is 0 Å². The van der Waals surface area contributed by atoms with Crippen molar-refractivity contribution in [3.05, 3.63) is 32.8 Å². The maximum absolute atomic E-state index is 10.7. The third-order valence-electron chi connectivity index (χ3n) is 2.42. The molecule has 0 radical (unpaired) electrons. The van der Waals surface area contributed by atoms with Crippen LogP contribution in [0.15, 0.2) is 22.7 Å². The lowest BCUT2D eigenvalue weighted by Crippen LogP contribution is -2.33. The molecule has 0 aliphatic heterocycles. The number of ether oxygens (including phenoxy) is 2. The maximum Gasteiger partial charge on any atom is 0.271 e. The van der Waals surface area contributed by atoms with E-state index in [1.54, 1.807) is 6.07 Å².